The lowest BCUT2D eigenvalue weighted by Crippen LogP contribution is -2.59. The zero-order chi connectivity index (χ0) is 80.7. The fourth-order valence-corrected chi connectivity index (χ4v) is 16.6. The number of nitrogens with one attached hydrogen (secondary N) is 11. The molecular formula is C85H118N14O12. The third-order valence-corrected chi connectivity index (χ3v) is 23.4. The molecule has 4 aromatic carbocycles. The van der Waals surface area contributed by atoms with Gasteiger partial charge in [-0.25, -0.2) is 0 Å². The SMILES string of the molecule is CN[C@@H](C)C(=O)N[C@H](C(=O)N1C[C@@H](CC(=O)c2cc(C(=O)N[C@H]3C[C@@H](C(=O)N[C@@H]4CCCc5ccccc54)N(C(=O)[C@@H](NC(=O)[C@H](C)NC)C(C)(C)C)C3)cc(C(=O)N[C@H]3C[C@@H](C(=O)N[C@@H]4CCCc5ccccc54)N(C(=O)[C@@H](NC(=O)[C@H](C)NC)C(C)(C)C)C3)c2)C[C@H]1C(=O)N[C@@H]1CCCc2ccccc21)C(C)(C)C. The molecule has 26 nitrogen and oxygen atoms in total. The van der Waals surface area contributed by atoms with Crippen LogP contribution in [0.5, 0.6) is 0 Å². The Kier molecular flexibility index (Phi) is 26.9. The Hall–Kier alpha value is -9.40. The fourth-order valence-electron chi connectivity index (χ4n) is 16.6. The number of nitrogens with zero attached hydrogens (tertiary/aromatic N) is 3. The third kappa shape index (κ3) is 19.9. The smallest absolute Gasteiger partial charge is 0.251 e. The van der Waals surface area contributed by atoms with Crippen LogP contribution in [0.4, 0.5) is 0 Å². The van der Waals surface area contributed by atoms with Gasteiger partial charge in [0.15, 0.2) is 5.78 Å². The predicted molar refractivity (Wildman–Crippen MR) is 422 cm³/mol. The third-order valence-electron chi connectivity index (χ3n) is 23.4. The van der Waals surface area contributed by atoms with Gasteiger partial charge in [-0.1, -0.05) is 135 Å². The number of fused-ring (bicyclic) bond motifs is 3. The molecule has 11 amide bonds. The van der Waals surface area contributed by atoms with Crippen LogP contribution in [0.2, 0.25) is 0 Å². The molecule has 26 heteroatoms. The van der Waals surface area contributed by atoms with Crippen LogP contribution < -0.4 is 58.5 Å². The molecule has 3 aliphatic carbocycles. The van der Waals surface area contributed by atoms with Crippen LogP contribution in [0, 0.1) is 22.2 Å². The number of Topliss-reactive ketones (excluding diaryl/α,β-unsaturated/α-hetero) is 1. The summed E-state index contributed by atoms with van der Waals surface area (Å²) in [4.78, 5) is 182. The van der Waals surface area contributed by atoms with Crippen molar-refractivity contribution in [3.63, 3.8) is 0 Å². The molecule has 111 heavy (non-hydrogen) atoms. The summed E-state index contributed by atoms with van der Waals surface area (Å²) in [6, 6.07) is 16.0. The fraction of sp³-hybridized carbons (Fsp3) is 0.576. The van der Waals surface area contributed by atoms with E-state index in [1.165, 1.54) is 32.9 Å². The van der Waals surface area contributed by atoms with Gasteiger partial charge >= 0.3 is 0 Å². The Morgan fingerprint density at radius 1 is 0.396 bits per heavy atom. The number of carbonyl (C=O) groups is 12. The molecule has 3 heterocycles. The summed E-state index contributed by atoms with van der Waals surface area (Å²) in [5.74, 6) is -7.05. The molecule has 10 rings (SSSR count). The molecule has 0 spiro atoms. The summed E-state index contributed by atoms with van der Waals surface area (Å²) in [7, 11) is 4.88. The Labute approximate surface area is 653 Å². The van der Waals surface area contributed by atoms with Gasteiger partial charge in [-0.15, -0.1) is 0 Å². The zero-order valence-electron chi connectivity index (χ0n) is 67.4. The van der Waals surface area contributed by atoms with Crippen LogP contribution in [0.15, 0.2) is 91.0 Å². The molecule has 11 N–H and O–H groups in total. The van der Waals surface area contributed by atoms with Gasteiger partial charge in [-0.05, 0) is 193 Å². The van der Waals surface area contributed by atoms with E-state index in [0.717, 1.165) is 71.9 Å². The van der Waals surface area contributed by atoms with Crippen LogP contribution in [-0.4, -0.2) is 193 Å². The van der Waals surface area contributed by atoms with Crippen LogP contribution in [0.1, 0.15) is 230 Å². The van der Waals surface area contributed by atoms with Gasteiger partial charge in [-0.3, -0.25) is 57.5 Å². The zero-order valence-corrected chi connectivity index (χ0v) is 67.4. The first kappa shape index (κ1) is 84.1. The lowest BCUT2D eigenvalue weighted by atomic mass is 9.85. The first-order valence-electron chi connectivity index (χ1n) is 39.8. The van der Waals surface area contributed by atoms with Gasteiger partial charge in [-0.2, -0.15) is 0 Å². The first-order valence-corrected chi connectivity index (χ1v) is 39.8. The largest absolute Gasteiger partial charge is 0.347 e. The van der Waals surface area contributed by atoms with E-state index >= 15 is 33.6 Å². The van der Waals surface area contributed by atoms with Gasteiger partial charge in [0, 0.05) is 54.8 Å². The van der Waals surface area contributed by atoms with E-state index in [4.69, 9.17) is 0 Å². The molecule has 600 valence electrons. The topological polar surface area (TPSA) is 347 Å². The summed E-state index contributed by atoms with van der Waals surface area (Å²) in [5.41, 5.74) is 3.23. The number of benzene rings is 4. The second-order valence-corrected chi connectivity index (χ2v) is 34.8. The number of amides is 11. The van der Waals surface area contributed by atoms with Gasteiger partial charge in [0.25, 0.3) is 11.8 Å². The van der Waals surface area contributed by atoms with Gasteiger partial charge in [0.2, 0.25) is 53.2 Å². The first-order chi connectivity index (χ1) is 52.5. The second kappa shape index (κ2) is 35.5. The highest BCUT2D eigenvalue weighted by atomic mass is 16.2. The summed E-state index contributed by atoms with van der Waals surface area (Å²) in [6.45, 7) is 20.9. The summed E-state index contributed by atoms with van der Waals surface area (Å²) >= 11 is 0. The van der Waals surface area contributed by atoms with Gasteiger partial charge in [0.05, 0.1) is 36.3 Å². The number of aryl methyl sites for hydroxylation is 3. The average molecular weight is 1530 g/mol. The minimum absolute atomic E-state index is 0.0310. The molecule has 0 radical (unpaired) electrons. The highest BCUT2D eigenvalue weighted by Crippen LogP contribution is 2.38. The molecule has 0 saturated carbocycles. The Balaban J connectivity index is 0.999. The maximum atomic E-state index is 15.5. The maximum Gasteiger partial charge on any atom is 0.251 e. The minimum Gasteiger partial charge on any atom is -0.347 e. The molecule has 4 aromatic rings. The second-order valence-electron chi connectivity index (χ2n) is 34.8. The van der Waals surface area contributed by atoms with Crippen molar-refractivity contribution in [1.82, 2.24) is 73.2 Å². The molecule has 0 bridgehead atoms. The van der Waals surface area contributed by atoms with Crippen LogP contribution >= 0.6 is 0 Å². The van der Waals surface area contributed by atoms with E-state index in [-0.39, 0.29) is 80.1 Å². The number of rotatable bonds is 25. The monoisotopic (exact) mass is 1530 g/mol. The Morgan fingerprint density at radius 3 is 1.01 bits per heavy atom. The summed E-state index contributed by atoms with van der Waals surface area (Å²) in [6.07, 6.45) is 6.49. The van der Waals surface area contributed by atoms with Gasteiger partial charge < -0.3 is 73.2 Å². The molecule has 0 unspecified atom stereocenters. The highest BCUT2D eigenvalue weighted by Gasteiger charge is 2.50. The Morgan fingerprint density at radius 2 is 0.694 bits per heavy atom. The van der Waals surface area contributed by atoms with Crippen molar-refractivity contribution in [2.24, 2.45) is 22.2 Å². The van der Waals surface area contributed by atoms with E-state index in [1.54, 1.807) is 41.9 Å². The summed E-state index contributed by atoms with van der Waals surface area (Å²) < 4.78 is 0. The van der Waals surface area contributed by atoms with E-state index < -0.39 is 159 Å². The normalized spacial score (nSPS) is 23.3. The van der Waals surface area contributed by atoms with Crippen molar-refractivity contribution in [1.29, 1.82) is 0 Å². The molecule has 3 aliphatic heterocycles. The van der Waals surface area contributed by atoms with E-state index in [2.05, 4.69) is 58.5 Å². The number of likely N-dealkylation sites (N-methyl/N-ethyl adjacent to an activating group) is 3. The van der Waals surface area contributed by atoms with Crippen molar-refractivity contribution in [3.8, 4) is 0 Å². The number of carbonyl (C=O) groups excluding carboxylic acids is 12. The molecule has 3 fully saturated rings. The number of likely N-dealkylation sites (tertiary alicyclic amines) is 3. The molecule has 6 aliphatic rings. The van der Waals surface area contributed by atoms with E-state index in [1.807, 2.05) is 135 Å². The van der Waals surface area contributed by atoms with Crippen LogP contribution in [-0.2, 0) is 62.4 Å². The van der Waals surface area contributed by atoms with Gasteiger partial charge in [0.1, 0.15) is 36.3 Å². The van der Waals surface area contributed by atoms with Crippen molar-refractivity contribution < 1.29 is 57.5 Å². The lowest BCUT2D eigenvalue weighted by molar-refractivity contribution is -0.144. The van der Waals surface area contributed by atoms with Crippen LogP contribution in [0.3, 0.4) is 0 Å². The average Bonchev–Trinajstić information content (AvgIpc) is 1.67. The maximum absolute atomic E-state index is 15.5. The molecule has 15 atom stereocenters. The number of ketones is 1. The lowest BCUT2D eigenvalue weighted by Gasteiger charge is -2.36. The number of hydrogen-bond acceptors (Lipinski definition) is 15. The van der Waals surface area contributed by atoms with Crippen molar-refractivity contribution in [3.05, 3.63) is 141 Å². The molecule has 3 saturated heterocycles. The van der Waals surface area contributed by atoms with Crippen LogP contribution in [0.25, 0.3) is 0 Å². The van der Waals surface area contributed by atoms with Crippen molar-refractivity contribution >= 4 is 70.8 Å². The van der Waals surface area contributed by atoms with E-state index in [0.29, 0.717) is 19.3 Å². The molecule has 0 aromatic heterocycles. The summed E-state index contributed by atoms with van der Waals surface area (Å²) in [5, 5.41) is 33.4. The standard InChI is InChI=1S/C85H118N14O12/c1-47(86-13)72(101)94-69(83(4,5)6)80(109)97-44-50(37-65(97)77(106)91-62-34-22-28-51-25-16-19-31-59(51)62)38-68(100)54-39-55(75(104)89-57-42-66(78(107)92-63-35-23-29-52-26-17-20-32-60(52)63)98(45-57)81(110)70(84(7,8)9)95-73(102)48(2)87-14)41-56(40-54)76(105)90-58-43-67(79(108)93-64-36-24-30-53-27-18-21-33-61(53)64)99(46-58)82(111)71(85(10,11)12)96-74(103)49(3)88-15/h16-21,25-27,31-33,39-41,47-50,57-58,62-67,69-71,86-88H,22-24,28-30,34-38,42-46H2,1-15H3,(H,89,104)(H,90,105)(H,91,106)(H,92,107)(H,93,108)(H,94,101)(H,95,102)(H,96,103)/t47-,48-,49-,50+,57-,58-,62+,63+,64+,65-,66-,67-,69+,70+,71+/m0/s1. The van der Waals surface area contributed by atoms with Crippen molar-refractivity contribution in [2.45, 2.75) is 251 Å². The highest BCUT2D eigenvalue weighted by molar-refractivity contribution is 6.06. The molecular weight excluding hydrogens is 1410 g/mol. The van der Waals surface area contributed by atoms with Crippen molar-refractivity contribution in [2.75, 3.05) is 40.8 Å². The quantitative estimate of drug-likeness (QED) is 0.0346. The van der Waals surface area contributed by atoms with E-state index in [9.17, 15) is 24.0 Å². The Bertz CT molecular complexity index is 3740. The minimum atomic E-state index is -1.14. The predicted octanol–water partition coefficient (Wildman–Crippen LogP) is 5.87. The number of hydrogen-bond donors (Lipinski definition) is 11.